The number of hydrogen-bond donors (Lipinski definition) is 3. The molecule has 0 saturated heterocycles. The first-order chi connectivity index (χ1) is 7.91. The maximum atomic E-state index is 11.2. The second kappa shape index (κ2) is 8.32. The summed E-state index contributed by atoms with van der Waals surface area (Å²) in [4.78, 5) is 32.5. The maximum absolute atomic E-state index is 11.2. The summed E-state index contributed by atoms with van der Waals surface area (Å²) in [6.45, 7) is 5.68. The van der Waals surface area contributed by atoms with Crippen LogP contribution in [0.2, 0.25) is 0 Å². The van der Waals surface area contributed by atoms with E-state index in [2.05, 4.69) is 17.2 Å². The quantitative estimate of drug-likeness (QED) is 0.459. The molecule has 0 fully saturated rings. The Labute approximate surface area is 100 Å². The third-order valence-corrected chi connectivity index (χ3v) is 1.85. The Morgan fingerprint density at radius 2 is 1.76 bits per heavy atom. The highest BCUT2D eigenvalue weighted by Gasteiger charge is 2.07. The van der Waals surface area contributed by atoms with Crippen LogP contribution in [0.5, 0.6) is 0 Å². The maximum Gasteiger partial charge on any atom is 0.321 e. The number of rotatable bonds is 7. The van der Waals surface area contributed by atoms with E-state index in [9.17, 15) is 14.4 Å². The fourth-order valence-corrected chi connectivity index (χ4v) is 1.03. The molecule has 0 bridgehead atoms. The molecule has 0 aromatic rings. The van der Waals surface area contributed by atoms with Crippen molar-refractivity contribution in [3.05, 3.63) is 12.2 Å². The van der Waals surface area contributed by atoms with Gasteiger partial charge in [-0.3, -0.25) is 14.9 Å². The van der Waals surface area contributed by atoms with Gasteiger partial charge in [-0.2, -0.15) is 0 Å². The lowest BCUT2D eigenvalue weighted by Crippen LogP contribution is -2.39. The summed E-state index contributed by atoms with van der Waals surface area (Å²) < 4.78 is 0. The van der Waals surface area contributed by atoms with Crippen molar-refractivity contribution < 1.29 is 19.5 Å². The SMILES string of the molecule is C=C(C)CNC(=O)NC(=O)CCCCC(=O)O. The molecule has 3 N–H and O–H groups in total. The molecule has 0 heterocycles. The number of aliphatic carboxylic acids is 1. The van der Waals surface area contributed by atoms with Gasteiger partial charge < -0.3 is 10.4 Å². The first-order valence-corrected chi connectivity index (χ1v) is 5.35. The Bertz CT molecular complexity index is 313. The minimum Gasteiger partial charge on any atom is -0.481 e. The summed E-state index contributed by atoms with van der Waals surface area (Å²) in [7, 11) is 0. The number of imide groups is 1. The van der Waals surface area contributed by atoms with Crippen LogP contribution in [-0.2, 0) is 9.59 Å². The van der Waals surface area contributed by atoms with Crippen LogP contribution in [0.3, 0.4) is 0 Å². The summed E-state index contributed by atoms with van der Waals surface area (Å²) >= 11 is 0. The van der Waals surface area contributed by atoms with Crippen LogP contribution < -0.4 is 10.6 Å². The number of carbonyl (C=O) groups excluding carboxylic acids is 2. The third kappa shape index (κ3) is 10.4. The van der Waals surface area contributed by atoms with E-state index < -0.39 is 17.9 Å². The molecule has 96 valence electrons. The molecule has 6 heteroatoms. The number of urea groups is 1. The number of unbranched alkanes of at least 4 members (excludes halogenated alkanes) is 1. The van der Waals surface area contributed by atoms with Crippen LogP contribution in [-0.4, -0.2) is 29.6 Å². The summed E-state index contributed by atoms with van der Waals surface area (Å²) in [5.41, 5.74) is 0.786. The van der Waals surface area contributed by atoms with Crippen molar-refractivity contribution in [3.63, 3.8) is 0 Å². The van der Waals surface area contributed by atoms with E-state index in [0.717, 1.165) is 5.57 Å². The van der Waals surface area contributed by atoms with Gasteiger partial charge in [0.15, 0.2) is 0 Å². The minimum atomic E-state index is -0.885. The number of hydrogen-bond acceptors (Lipinski definition) is 3. The third-order valence-electron chi connectivity index (χ3n) is 1.85. The summed E-state index contributed by atoms with van der Waals surface area (Å²) in [6.07, 6.45) is 1.06. The van der Waals surface area contributed by atoms with Crippen LogP contribution in [0.25, 0.3) is 0 Å². The summed E-state index contributed by atoms with van der Waals surface area (Å²) in [6, 6.07) is -0.559. The van der Waals surface area contributed by atoms with Crippen molar-refractivity contribution >= 4 is 17.9 Å². The van der Waals surface area contributed by atoms with Gasteiger partial charge in [-0.1, -0.05) is 12.2 Å². The molecule has 0 radical (unpaired) electrons. The average Bonchev–Trinajstić information content (AvgIpc) is 2.21. The number of carboxylic acids is 1. The topological polar surface area (TPSA) is 95.5 Å². The van der Waals surface area contributed by atoms with Gasteiger partial charge in [0.2, 0.25) is 5.91 Å². The zero-order chi connectivity index (χ0) is 13.3. The second-order valence-corrected chi connectivity index (χ2v) is 3.79. The van der Waals surface area contributed by atoms with Crippen molar-refractivity contribution in [2.45, 2.75) is 32.6 Å². The molecule has 3 amide bonds. The molecular formula is C11H18N2O4. The Hall–Kier alpha value is -1.85. The van der Waals surface area contributed by atoms with Gasteiger partial charge in [0, 0.05) is 19.4 Å². The Balaban J connectivity index is 3.60. The van der Waals surface area contributed by atoms with E-state index in [-0.39, 0.29) is 12.8 Å². The second-order valence-electron chi connectivity index (χ2n) is 3.79. The summed E-state index contributed by atoms with van der Waals surface area (Å²) in [5, 5.41) is 13.0. The molecule has 0 aliphatic heterocycles. The van der Waals surface area contributed by atoms with E-state index >= 15 is 0 Å². The smallest absolute Gasteiger partial charge is 0.321 e. The van der Waals surface area contributed by atoms with E-state index in [0.29, 0.717) is 19.4 Å². The van der Waals surface area contributed by atoms with E-state index in [4.69, 9.17) is 5.11 Å². The molecular weight excluding hydrogens is 224 g/mol. The summed E-state index contributed by atoms with van der Waals surface area (Å²) in [5.74, 6) is -1.29. The predicted octanol–water partition coefficient (Wildman–Crippen LogP) is 1.03. The molecule has 0 rings (SSSR count). The number of amides is 3. The lowest BCUT2D eigenvalue weighted by molar-refractivity contribution is -0.137. The van der Waals surface area contributed by atoms with Gasteiger partial charge in [-0.15, -0.1) is 0 Å². The monoisotopic (exact) mass is 242 g/mol. The van der Waals surface area contributed by atoms with Crippen molar-refractivity contribution in [2.24, 2.45) is 0 Å². The number of nitrogens with one attached hydrogen (secondary N) is 2. The minimum absolute atomic E-state index is 0.0368. The fraction of sp³-hybridized carbons (Fsp3) is 0.545. The van der Waals surface area contributed by atoms with Crippen molar-refractivity contribution in [1.82, 2.24) is 10.6 Å². The molecule has 0 aromatic carbocycles. The van der Waals surface area contributed by atoms with Crippen molar-refractivity contribution in [1.29, 1.82) is 0 Å². The van der Waals surface area contributed by atoms with E-state index in [1.807, 2.05) is 0 Å². The first-order valence-electron chi connectivity index (χ1n) is 5.35. The van der Waals surface area contributed by atoms with Crippen molar-refractivity contribution in [2.75, 3.05) is 6.54 Å². The van der Waals surface area contributed by atoms with Crippen LogP contribution in [0.1, 0.15) is 32.6 Å². The lowest BCUT2D eigenvalue weighted by Gasteiger charge is -2.05. The molecule has 0 unspecified atom stereocenters. The normalized spacial score (nSPS) is 9.47. The van der Waals surface area contributed by atoms with Gasteiger partial charge in [-0.05, 0) is 19.8 Å². The molecule has 17 heavy (non-hydrogen) atoms. The molecule has 0 aromatic heterocycles. The molecule has 6 nitrogen and oxygen atoms in total. The van der Waals surface area contributed by atoms with Crippen LogP contribution in [0.15, 0.2) is 12.2 Å². The predicted molar refractivity (Wildman–Crippen MR) is 62.5 cm³/mol. The molecule has 0 saturated carbocycles. The van der Waals surface area contributed by atoms with Crippen molar-refractivity contribution in [3.8, 4) is 0 Å². The van der Waals surface area contributed by atoms with Crippen LogP contribution >= 0.6 is 0 Å². The van der Waals surface area contributed by atoms with Gasteiger partial charge >= 0.3 is 12.0 Å². The number of carboxylic acid groups (broad SMARTS) is 1. The van der Waals surface area contributed by atoms with Gasteiger partial charge in [0.1, 0.15) is 0 Å². The van der Waals surface area contributed by atoms with Gasteiger partial charge in [0.05, 0.1) is 0 Å². The molecule has 0 spiro atoms. The van der Waals surface area contributed by atoms with Crippen LogP contribution in [0, 0.1) is 0 Å². The van der Waals surface area contributed by atoms with Crippen LogP contribution in [0.4, 0.5) is 4.79 Å². The Morgan fingerprint density at radius 1 is 1.18 bits per heavy atom. The largest absolute Gasteiger partial charge is 0.481 e. The first kappa shape index (κ1) is 15.2. The molecule has 0 aliphatic carbocycles. The average molecular weight is 242 g/mol. The highest BCUT2D eigenvalue weighted by molar-refractivity contribution is 5.94. The van der Waals surface area contributed by atoms with Gasteiger partial charge in [-0.25, -0.2) is 4.79 Å². The van der Waals surface area contributed by atoms with E-state index in [1.54, 1.807) is 6.92 Å². The highest BCUT2D eigenvalue weighted by Crippen LogP contribution is 1.99. The standard InChI is InChI=1S/C11H18N2O4/c1-8(2)7-12-11(17)13-9(14)5-3-4-6-10(15)16/h1,3-7H2,2H3,(H,15,16)(H2,12,13,14,17). The van der Waals surface area contributed by atoms with Gasteiger partial charge in [0.25, 0.3) is 0 Å². The lowest BCUT2D eigenvalue weighted by atomic mass is 10.2. The highest BCUT2D eigenvalue weighted by atomic mass is 16.4. The number of carbonyl (C=O) groups is 3. The Kier molecular flexibility index (Phi) is 7.41. The van der Waals surface area contributed by atoms with E-state index in [1.165, 1.54) is 0 Å². The zero-order valence-corrected chi connectivity index (χ0v) is 9.91. The fourth-order valence-electron chi connectivity index (χ4n) is 1.03. The molecule has 0 atom stereocenters. The Morgan fingerprint density at radius 3 is 2.29 bits per heavy atom. The zero-order valence-electron chi connectivity index (χ0n) is 9.91. The molecule has 0 aliphatic rings.